The molecule has 0 aliphatic heterocycles. The van der Waals surface area contributed by atoms with Crippen LogP contribution in [-0.2, 0) is 6.54 Å². The molecule has 1 aromatic heterocycles. The van der Waals surface area contributed by atoms with Crippen molar-refractivity contribution in [3.8, 4) is 0 Å². The minimum absolute atomic E-state index is 0.945. The molecule has 0 N–H and O–H groups in total. The maximum atomic E-state index is 2.40. The van der Waals surface area contributed by atoms with E-state index in [0.29, 0.717) is 0 Å². The third-order valence-electron chi connectivity index (χ3n) is 3.73. The van der Waals surface area contributed by atoms with Gasteiger partial charge in [-0.3, -0.25) is 0 Å². The van der Waals surface area contributed by atoms with Crippen LogP contribution in [0.25, 0.3) is 10.9 Å². The zero-order valence-electron chi connectivity index (χ0n) is 10.9. The number of aryl methyl sites for hydroxylation is 1. The molecule has 0 aliphatic carbocycles. The zero-order chi connectivity index (χ0) is 12.5. The van der Waals surface area contributed by atoms with Gasteiger partial charge in [-0.25, -0.2) is 0 Å². The largest absolute Gasteiger partial charge is 0.340 e. The first-order valence-electron chi connectivity index (χ1n) is 6.36. The average Bonchev–Trinajstić information content (AvgIpc) is 2.66. The van der Waals surface area contributed by atoms with Crippen LogP contribution in [0.3, 0.4) is 0 Å². The summed E-state index contributed by atoms with van der Waals surface area (Å²) in [5, 5.41) is 1.37. The van der Waals surface area contributed by atoms with E-state index in [4.69, 9.17) is 0 Å². The van der Waals surface area contributed by atoms with Gasteiger partial charge >= 0.3 is 0 Å². The van der Waals surface area contributed by atoms with Crippen LogP contribution in [0.15, 0.2) is 54.6 Å². The Labute approximate surface area is 108 Å². The Hall–Kier alpha value is -2.02. The molecule has 90 valence electrons. The third-order valence-corrected chi connectivity index (χ3v) is 3.73. The highest BCUT2D eigenvalue weighted by Gasteiger charge is 2.09. The summed E-state index contributed by atoms with van der Waals surface area (Å²) in [5.74, 6) is 0. The lowest BCUT2D eigenvalue weighted by Gasteiger charge is -2.08. The Morgan fingerprint density at radius 1 is 0.833 bits per heavy atom. The van der Waals surface area contributed by atoms with Crippen LogP contribution in [0, 0.1) is 13.8 Å². The number of para-hydroxylation sites is 1. The SMILES string of the molecule is Cc1c(C)n(Cc2ccccc2)c2ccccc12. The van der Waals surface area contributed by atoms with Crippen LogP contribution >= 0.6 is 0 Å². The average molecular weight is 235 g/mol. The molecule has 0 bridgehead atoms. The predicted octanol–water partition coefficient (Wildman–Crippen LogP) is 4.31. The number of fused-ring (bicyclic) bond motifs is 1. The van der Waals surface area contributed by atoms with E-state index in [1.807, 2.05) is 0 Å². The normalized spacial score (nSPS) is 11.0. The summed E-state index contributed by atoms with van der Waals surface area (Å²) < 4.78 is 2.40. The number of nitrogens with zero attached hydrogens (tertiary/aromatic N) is 1. The molecule has 2 aromatic carbocycles. The first-order chi connectivity index (χ1) is 8.77. The van der Waals surface area contributed by atoms with E-state index in [9.17, 15) is 0 Å². The van der Waals surface area contributed by atoms with E-state index in [2.05, 4.69) is 73.0 Å². The molecular formula is C17H17N. The second-order valence-electron chi connectivity index (χ2n) is 4.80. The summed E-state index contributed by atoms with van der Waals surface area (Å²) in [7, 11) is 0. The van der Waals surface area contributed by atoms with Gasteiger partial charge in [0.15, 0.2) is 0 Å². The van der Waals surface area contributed by atoms with Crippen LogP contribution in [-0.4, -0.2) is 4.57 Å². The molecular weight excluding hydrogens is 218 g/mol. The van der Waals surface area contributed by atoms with Gasteiger partial charge in [-0.15, -0.1) is 0 Å². The number of hydrogen-bond donors (Lipinski definition) is 0. The van der Waals surface area contributed by atoms with Crippen molar-refractivity contribution in [2.24, 2.45) is 0 Å². The van der Waals surface area contributed by atoms with E-state index in [1.54, 1.807) is 0 Å². The third kappa shape index (κ3) is 1.72. The number of rotatable bonds is 2. The summed E-state index contributed by atoms with van der Waals surface area (Å²) in [6.07, 6.45) is 0. The van der Waals surface area contributed by atoms with Crippen molar-refractivity contribution in [1.82, 2.24) is 4.57 Å². The molecule has 0 spiro atoms. The molecule has 1 heterocycles. The molecule has 0 atom stereocenters. The van der Waals surface area contributed by atoms with E-state index in [-0.39, 0.29) is 0 Å². The van der Waals surface area contributed by atoms with Crippen LogP contribution in [0.2, 0.25) is 0 Å². The molecule has 3 aromatic rings. The van der Waals surface area contributed by atoms with Crippen molar-refractivity contribution >= 4 is 10.9 Å². The smallest absolute Gasteiger partial charge is 0.0488 e. The standard InChI is InChI=1S/C17H17N/c1-13-14(2)18(12-15-8-4-3-5-9-15)17-11-7-6-10-16(13)17/h3-11H,12H2,1-2H3. The summed E-state index contributed by atoms with van der Waals surface area (Å²) in [6, 6.07) is 19.3. The predicted molar refractivity (Wildman–Crippen MR) is 77.0 cm³/mol. The maximum absolute atomic E-state index is 2.40. The first kappa shape index (κ1) is 11.1. The summed E-state index contributed by atoms with van der Waals surface area (Å²) in [5.41, 5.74) is 5.43. The van der Waals surface area contributed by atoms with E-state index < -0.39 is 0 Å². The van der Waals surface area contributed by atoms with Crippen molar-refractivity contribution < 1.29 is 0 Å². The second kappa shape index (κ2) is 4.34. The number of hydrogen-bond acceptors (Lipinski definition) is 0. The fourth-order valence-corrected chi connectivity index (χ4v) is 2.57. The summed E-state index contributed by atoms with van der Waals surface area (Å²) in [6.45, 7) is 5.36. The van der Waals surface area contributed by atoms with Gasteiger partial charge < -0.3 is 4.57 Å². The van der Waals surface area contributed by atoms with Crippen molar-refractivity contribution in [1.29, 1.82) is 0 Å². The van der Waals surface area contributed by atoms with Crippen LogP contribution in [0.1, 0.15) is 16.8 Å². The molecule has 0 saturated carbocycles. The second-order valence-corrected chi connectivity index (χ2v) is 4.80. The van der Waals surface area contributed by atoms with Crippen LogP contribution < -0.4 is 0 Å². The van der Waals surface area contributed by atoms with Gasteiger partial charge in [0.1, 0.15) is 0 Å². The molecule has 3 rings (SSSR count). The molecule has 18 heavy (non-hydrogen) atoms. The minimum atomic E-state index is 0.945. The lowest BCUT2D eigenvalue weighted by atomic mass is 10.2. The first-order valence-corrected chi connectivity index (χ1v) is 6.36. The fourth-order valence-electron chi connectivity index (χ4n) is 2.57. The van der Waals surface area contributed by atoms with Crippen molar-refractivity contribution in [3.05, 3.63) is 71.4 Å². The molecule has 1 heteroatoms. The van der Waals surface area contributed by atoms with E-state index in [0.717, 1.165) is 6.54 Å². The molecule has 0 saturated heterocycles. The fraction of sp³-hybridized carbons (Fsp3) is 0.176. The number of benzene rings is 2. The Balaban J connectivity index is 2.15. The van der Waals surface area contributed by atoms with Crippen LogP contribution in [0.5, 0.6) is 0 Å². The molecule has 0 aliphatic rings. The van der Waals surface area contributed by atoms with Gasteiger partial charge in [0.05, 0.1) is 0 Å². The molecule has 1 nitrogen and oxygen atoms in total. The molecule has 0 unspecified atom stereocenters. The topological polar surface area (TPSA) is 4.93 Å². The molecule has 0 amide bonds. The van der Waals surface area contributed by atoms with Gasteiger partial charge in [-0.2, -0.15) is 0 Å². The maximum Gasteiger partial charge on any atom is 0.0488 e. The highest BCUT2D eigenvalue weighted by atomic mass is 15.0. The number of aromatic nitrogens is 1. The highest BCUT2D eigenvalue weighted by Crippen LogP contribution is 2.25. The molecule has 0 radical (unpaired) electrons. The Kier molecular flexibility index (Phi) is 2.67. The van der Waals surface area contributed by atoms with Gasteiger partial charge in [-0.05, 0) is 31.0 Å². The summed E-state index contributed by atoms with van der Waals surface area (Å²) in [4.78, 5) is 0. The quantitative estimate of drug-likeness (QED) is 0.624. The lowest BCUT2D eigenvalue weighted by Crippen LogP contribution is -2.01. The van der Waals surface area contributed by atoms with Gasteiger partial charge in [0, 0.05) is 23.1 Å². The zero-order valence-corrected chi connectivity index (χ0v) is 10.9. The van der Waals surface area contributed by atoms with Crippen molar-refractivity contribution in [2.75, 3.05) is 0 Å². The van der Waals surface area contributed by atoms with Crippen LogP contribution in [0.4, 0.5) is 0 Å². The minimum Gasteiger partial charge on any atom is -0.340 e. The Morgan fingerprint density at radius 2 is 1.50 bits per heavy atom. The van der Waals surface area contributed by atoms with Gasteiger partial charge in [0.25, 0.3) is 0 Å². The Bertz CT molecular complexity index is 677. The lowest BCUT2D eigenvalue weighted by molar-refractivity contribution is 0.801. The highest BCUT2D eigenvalue weighted by molar-refractivity contribution is 5.85. The van der Waals surface area contributed by atoms with Gasteiger partial charge in [-0.1, -0.05) is 48.5 Å². The summed E-state index contributed by atoms with van der Waals surface area (Å²) >= 11 is 0. The van der Waals surface area contributed by atoms with E-state index in [1.165, 1.54) is 27.7 Å². The van der Waals surface area contributed by atoms with E-state index >= 15 is 0 Å². The monoisotopic (exact) mass is 235 g/mol. The Morgan fingerprint density at radius 3 is 2.28 bits per heavy atom. The van der Waals surface area contributed by atoms with Crippen molar-refractivity contribution in [3.63, 3.8) is 0 Å². The van der Waals surface area contributed by atoms with Gasteiger partial charge in [0.2, 0.25) is 0 Å². The van der Waals surface area contributed by atoms with Crippen molar-refractivity contribution in [2.45, 2.75) is 20.4 Å². The molecule has 0 fully saturated rings.